The molecular weight excluding hydrogens is 238 g/mol. The highest BCUT2D eigenvalue weighted by Gasteiger charge is 2.08. The molecule has 2 rings (SSSR count). The van der Waals surface area contributed by atoms with E-state index < -0.39 is 6.10 Å². The minimum absolute atomic E-state index is 0.0251. The smallest absolute Gasteiger partial charge is 0.123 e. The highest BCUT2D eigenvalue weighted by Crippen LogP contribution is 2.17. The van der Waals surface area contributed by atoms with Crippen molar-refractivity contribution in [2.75, 3.05) is 6.61 Å². The minimum atomic E-state index is -0.851. The van der Waals surface area contributed by atoms with Crippen LogP contribution in [0.25, 0.3) is 0 Å². The first-order chi connectivity index (χ1) is 8.65. The van der Waals surface area contributed by atoms with E-state index >= 15 is 0 Å². The van der Waals surface area contributed by atoms with Crippen molar-refractivity contribution in [2.24, 2.45) is 0 Å². The van der Waals surface area contributed by atoms with Crippen LogP contribution >= 0.6 is 0 Å². The molecule has 0 bridgehead atoms. The maximum absolute atomic E-state index is 12.7. The lowest BCUT2D eigenvalue weighted by Gasteiger charge is -2.12. The molecule has 0 heterocycles. The van der Waals surface area contributed by atoms with Crippen molar-refractivity contribution in [2.45, 2.75) is 6.10 Å². The summed E-state index contributed by atoms with van der Waals surface area (Å²) < 4.78 is 30.6. The fourth-order valence-corrected chi connectivity index (χ4v) is 1.49. The molecule has 2 nitrogen and oxygen atoms in total. The molecule has 4 heteroatoms. The van der Waals surface area contributed by atoms with Crippen LogP contribution in [0.3, 0.4) is 0 Å². The van der Waals surface area contributed by atoms with Crippen molar-refractivity contribution < 1.29 is 18.6 Å². The van der Waals surface area contributed by atoms with Crippen molar-refractivity contribution in [1.29, 1.82) is 0 Å². The van der Waals surface area contributed by atoms with Crippen LogP contribution in [0, 0.1) is 11.6 Å². The highest BCUT2D eigenvalue weighted by molar-refractivity contribution is 5.23. The van der Waals surface area contributed by atoms with Crippen molar-refractivity contribution in [3.63, 3.8) is 0 Å². The lowest BCUT2D eigenvalue weighted by molar-refractivity contribution is 0.108. The zero-order valence-corrected chi connectivity index (χ0v) is 9.51. The molecule has 0 spiro atoms. The lowest BCUT2D eigenvalue weighted by atomic mass is 10.1. The Hall–Kier alpha value is -1.94. The van der Waals surface area contributed by atoms with Crippen LogP contribution in [0.1, 0.15) is 11.7 Å². The van der Waals surface area contributed by atoms with Gasteiger partial charge in [-0.3, -0.25) is 0 Å². The first kappa shape index (κ1) is 12.5. The lowest BCUT2D eigenvalue weighted by Crippen LogP contribution is -2.09. The van der Waals surface area contributed by atoms with Gasteiger partial charge in [-0.2, -0.15) is 0 Å². The molecule has 0 aliphatic heterocycles. The number of hydrogen-bond acceptors (Lipinski definition) is 2. The topological polar surface area (TPSA) is 29.5 Å². The summed E-state index contributed by atoms with van der Waals surface area (Å²) in [5, 5.41) is 9.81. The Morgan fingerprint density at radius 3 is 1.94 bits per heavy atom. The third-order valence-electron chi connectivity index (χ3n) is 2.48. The fourth-order valence-electron chi connectivity index (χ4n) is 1.49. The number of hydrogen-bond donors (Lipinski definition) is 1. The Morgan fingerprint density at radius 1 is 0.889 bits per heavy atom. The third-order valence-corrected chi connectivity index (χ3v) is 2.48. The van der Waals surface area contributed by atoms with Crippen molar-refractivity contribution >= 4 is 0 Å². The summed E-state index contributed by atoms with van der Waals surface area (Å²) in [5.74, 6) is -0.232. The van der Waals surface area contributed by atoms with E-state index in [-0.39, 0.29) is 18.2 Å². The Morgan fingerprint density at radius 2 is 1.39 bits per heavy atom. The molecule has 0 saturated carbocycles. The quantitative estimate of drug-likeness (QED) is 0.903. The van der Waals surface area contributed by atoms with Crippen LogP contribution < -0.4 is 4.74 Å². The van der Waals surface area contributed by atoms with Gasteiger partial charge in [0.25, 0.3) is 0 Å². The van der Waals surface area contributed by atoms with Gasteiger partial charge in [-0.15, -0.1) is 0 Å². The fraction of sp³-hybridized carbons (Fsp3) is 0.143. The molecule has 94 valence electrons. The molecule has 1 unspecified atom stereocenters. The first-order valence-electron chi connectivity index (χ1n) is 5.47. The monoisotopic (exact) mass is 250 g/mol. The van der Waals surface area contributed by atoms with Crippen LogP contribution in [0.4, 0.5) is 8.78 Å². The summed E-state index contributed by atoms with van der Waals surface area (Å²) in [5.41, 5.74) is 0.568. The minimum Gasteiger partial charge on any atom is -0.491 e. The molecule has 2 aromatic rings. The molecule has 18 heavy (non-hydrogen) atoms. The van der Waals surface area contributed by atoms with Gasteiger partial charge in [0.05, 0.1) is 0 Å². The van der Waals surface area contributed by atoms with Crippen LogP contribution in [0.15, 0.2) is 48.5 Å². The molecule has 1 N–H and O–H groups in total. The Balaban J connectivity index is 1.93. The van der Waals surface area contributed by atoms with E-state index in [1.54, 1.807) is 0 Å². The van der Waals surface area contributed by atoms with E-state index in [0.29, 0.717) is 11.3 Å². The molecule has 0 fully saturated rings. The van der Waals surface area contributed by atoms with Gasteiger partial charge in [0.15, 0.2) is 0 Å². The second kappa shape index (κ2) is 5.60. The average Bonchev–Trinajstić information content (AvgIpc) is 2.38. The zero-order chi connectivity index (χ0) is 13.0. The molecule has 0 saturated heterocycles. The second-order valence-electron chi connectivity index (χ2n) is 3.83. The van der Waals surface area contributed by atoms with Gasteiger partial charge in [0.2, 0.25) is 0 Å². The summed E-state index contributed by atoms with van der Waals surface area (Å²) in [6.07, 6.45) is -0.851. The summed E-state index contributed by atoms with van der Waals surface area (Å²) in [4.78, 5) is 0. The van der Waals surface area contributed by atoms with E-state index in [4.69, 9.17) is 4.74 Å². The van der Waals surface area contributed by atoms with Crippen LogP contribution in [-0.2, 0) is 0 Å². The first-order valence-corrected chi connectivity index (χ1v) is 5.47. The van der Waals surface area contributed by atoms with Gasteiger partial charge < -0.3 is 9.84 Å². The molecule has 0 amide bonds. The predicted molar refractivity (Wildman–Crippen MR) is 63.3 cm³/mol. The normalized spacial score (nSPS) is 12.2. The second-order valence-corrected chi connectivity index (χ2v) is 3.83. The Bertz CT molecular complexity index is 494. The van der Waals surface area contributed by atoms with Gasteiger partial charge in [0.1, 0.15) is 30.1 Å². The van der Waals surface area contributed by atoms with Gasteiger partial charge >= 0.3 is 0 Å². The van der Waals surface area contributed by atoms with E-state index in [0.717, 1.165) is 0 Å². The van der Waals surface area contributed by atoms with Crippen LogP contribution in [0.5, 0.6) is 5.75 Å². The number of halogens is 2. The van der Waals surface area contributed by atoms with E-state index in [9.17, 15) is 13.9 Å². The summed E-state index contributed by atoms with van der Waals surface area (Å²) in [6, 6.07) is 11.0. The van der Waals surface area contributed by atoms with E-state index in [2.05, 4.69) is 0 Å². The van der Waals surface area contributed by atoms with Crippen molar-refractivity contribution in [1.82, 2.24) is 0 Å². The SMILES string of the molecule is OC(COc1ccc(F)cc1)c1ccc(F)cc1. The summed E-state index contributed by atoms with van der Waals surface area (Å²) in [6.45, 7) is 0.0251. The van der Waals surface area contributed by atoms with Gasteiger partial charge in [-0.25, -0.2) is 8.78 Å². The molecular formula is C14H12F2O2. The number of rotatable bonds is 4. The molecule has 2 aromatic carbocycles. The third kappa shape index (κ3) is 3.28. The Labute approximate surface area is 103 Å². The number of aliphatic hydroxyl groups is 1. The molecule has 0 aliphatic rings. The largest absolute Gasteiger partial charge is 0.491 e. The highest BCUT2D eigenvalue weighted by atomic mass is 19.1. The van der Waals surface area contributed by atoms with E-state index in [1.807, 2.05) is 0 Å². The standard InChI is InChI=1S/C14H12F2O2/c15-11-3-1-10(2-4-11)14(17)9-18-13-7-5-12(16)6-8-13/h1-8,14,17H,9H2. The van der Waals surface area contributed by atoms with Crippen molar-refractivity contribution in [3.05, 3.63) is 65.7 Å². The summed E-state index contributed by atoms with van der Waals surface area (Å²) >= 11 is 0. The van der Waals surface area contributed by atoms with Crippen molar-refractivity contribution in [3.8, 4) is 5.75 Å². The van der Waals surface area contributed by atoms with Crippen LogP contribution in [0.2, 0.25) is 0 Å². The van der Waals surface area contributed by atoms with Gasteiger partial charge in [0, 0.05) is 0 Å². The van der Waals surface area contributed by atoms with Gasteiger partial charge in [-0.1, -0.05) is 12.1 Å². The average molecular weight is 250 g/mol. The van der Waals surface area contributed by atoms with Crippen LogP contribution in [-0.4, -0.2) is 11.7 Å². The summed E-state index contributed by atoms with van der Waals surface area (Å²) in [7, 11) is 0. The molecule has 0 radical (unpaired) electrons. The molecule has 0 aromatic heterocycles. The zero-order valence-electron chi connectivity index (χ0n) is 9.51. The maximum Gasteiger partial charge on any atom is 0.123 e. The van der Waals surface area contributed by atoms with E-state index in [1.165, 1.54) is 48.5 Å². The van der Waals surface area contributed by atoms with Gasteiger partial charge in [-0.05, 0) is 42.0 Å². The number of benzene rings is 2. The predicted octanol–water partition coefficient (Wildman–Crippen LogP) is 3.08. The molecule has 0 aliphatic carbocycles. The Kier molecular flexibility index (Phi) is 3.89. The number of aliphatic hydroxyl groups excluding tert-OH is 1. The molecule has 1 atom stereocenters. The number of ether oxygens (including phenoxy) is 1. The maximum atomic E-state index is 12.7.